The molecule has 0 saturated heterocycles. The second-order valence-corrected chi connectivity index (χ2v) is 3.94. The molecule has 0 spiro atoms. The molecule has 0 saturated carbocycles. The van der Waals surface area contributed by atoms with Crippen LogP contribution in [0.25, 0.3) is 0 Å². The molecule has 0 fully saturated rings. The molecule has 0 aliphatic rings. The van der Waals surface area contributed by atoms with Crippen LogP contribution in [-0.4, -0.2) is 20.1 Å². The van der Waals surface area contributed by atoms with Gasteiger partial charge in [0.1, 0.15) is 6.29 Å². The topological polar surface area (TPSA) is 51.2 Å². The van der Waals surface area contributed by atoms with Crippen LogP contribution < -0.4 is 0 Å². The Bertz CT molecular complexity index is 271. The Labute approximate surface area is 80.7 Å². The lowest BCUT2D eigenvalue weighted by molar-refractivity contribution is -0.113. The highest BCUT2D eigenvalue weighted by molar-refractivity contribution is 7.71. The molecular formula is C9H16O3S. The molecule has 0 aromatic heterocycles. The molecule has 0 aromatic rings. The standard InChI is InChI=1S/C9H16O3S/c1-3-5-6-9(4-2,7-10)8-13(11)12/h7-8H,3-6H2,1-2H3. The first-order valence-corrected chi connectivity index (χ1v) is 5.64. The summed E-state index contributed by atoms with van der Waals surface area (Å²) in [4.78, 5) is 10.8. The molecular weight excluding hydrogens is 188 g/mol. The van der Waals surface area contributed by atoms with Gasteiger partial charge in [-0.1, -0.05) is 26.7 Å². The van der Waals surface area contributed by atoms with E-state index in [0.29, 0.717) is 12.8 Å². The molecule has 0 N–H and O–H groups in total. The van der Waals surface area contributed by atoms with Gasteiger partial charge in [0.05, 0.1) is 5.41 Å². The number of carbonyl (C=O) groups excluding carboxylic acids is 1. The van der Waals surface area contributed by atoms with E-state index in [1.54, 1.807) is 0 Å². The second kappa shape index (κ2) is 5.91. The molecule has 0 amide bonds. The average molecular weight is 204 g/mol. The summed E-state index contributed by atoms with van der Waals surface area (Å²) in [6.45, 7) is 3.84. The Morgan fingerprint density at radius 3 is 2.23 bits per heavy atom. The summed E-state index contributed by atoms with van der Waals surface area (Å²) >= 11 is 0. The average Bonchev–Trinajstić information content (AvgIpc) is 2.12. The van der Waals surface area contributed by atoms with Crippen molar-refractivity contribution in [3.8, 4) is 0 Å². The SMILES string of the molecule is CCCCC(C=O)(C=S(=O)=O)CC. The molecule has 0 aliphatic carbocycles. The van der Waals surface area contributed by atoms with Crippen LogP contribution in [-0.2, 0) is 15.1 Å². The lowest BCUT2D eigenvalue weighted by Gasteiger charge is -2.19. The Morgan fingerprint density at radius 2 is 1.92 bits per heavy atom. The summed E-state index contributed by atoms with van der Waals surface area (Å²) in [6, 6.07) is 0. The molecule has 76 valence electrons. The molecule has 3 nitrogen and oxygen atoms in total. The lowest BCUT2D eigenvalue weighted by atomic mass is 9.84. The minimum absolute atomic E-state index is 0.546. The predicted molar refractivity (Wildman–Crippen MR) is 53.3 cm³/mol. The zero-order valence-electron chi connectivity index (χ0n) is 8.12. The fourth-order valence-corrected chi connectivity index (χ4v) is 1.91. The number of carbonyl (C=O) groups is 1. The van der Waals surface area contributed by atoms with Crippen LogP contribution in [0.3, 0.4) is 0 Å². The monoisotopic (exact) mass is 204 g/mol. The molecule has 13 heavy (non-hydrogen) atoms. The summed E-state index contributed by atoms with van der Waals surface area (Å²) in [5, 5.41) is 1.12. The van der Waals surface area contributed by atoms with Gasteiger partial charge in [-0.05, 0) is 12.8 Å². The maximum atomic E-state index is 10.8. The van der Waals surface area contributed by atoms with Crippen LogP contribution in [0.2, 0.25) is 0 Å². The van der Waals surface area contributed by atoms with Crippen LogP contribution in [0.1, 0.15) is 39.5 Å². The minimum atomic E-state index is -2.24. The number of rotatable bonds is 6. The second-order valence-electron chi connectivity index (χ2n) is 3.19. The van der Waals surface area contributed by atoms with Gasteiger partial charge in [-0.15, -0.1) is 0 Å². The molecule has 1 unspecified atom stereocenters. The highest BCUT2D eigenvalue weighted by Crippen LogP contribution is 2.23. The third kappa shape index (κ3) is 4.22. The summed E-state index contributed by atoms with van der Waals surface area (Å²) in [6.07, 6.45) is 3.76. The van der Waals surface area contributed by atoms with Crippen molar-refractivity contribution in [2.75, 3.05) is 0 Å². The summed E-state index contributed by atoms with van der Waals surface area (Å²) in [5.41, 5.74) is -0.761. The zero-order chi connectivity index (χ0) is 10.3. The van der Waals surface area contributed by atoms with Crippen molar-refractivity contribution in [1.29, 1.82) is 0 Å². The molecule has 0 rings (SSSR count). The molecule has 0 bridgehead atoms. The molecule has 0 aromatic carbocycles. The van der Waals surface area contributed by atoms with Gasteiger partial charge in [0.25, 0.3) is 0 Å². The van der Waals surface area contributed by atoms with E-state index < -0.39 is 15.7 Å². The van der Waals surface area contributed by atoms with Crippen molar-refractivity contribution in [3.63, 3.8) is 0 Å². The Kier molecular flexibility index (Phi) is 5.62. The van der Waals surface area contributed by atoms with Gasteiger partial charge < -0.3 is 4.79 Å². The molecule has 1 atom stereocenters. The van der Waals surface area contributed by atoms with E-state index in [1.807, 2.05) is 13.8 Å². The van der Waals surface area contributed by atoms with Gasteiger partial charge in [-0.2, -0.15) is 8.42 Å². The maximum Gasteiger partial charge on any atom is 0.210 e. The van der Waals surface area contributed by atoms with Gasteiger partial charge in [-0.25, -0.2) is 0 Å². The van der Waals surface area contributed by atoms with E-state index in [1.165, 1.54) is 0 Å². The number of hydrogen-bond donors (Lipinski definition) is 0. The van der Waals surface area contributed by atoms with Crippen LogP contribution in [0.15, 0.2) is 0 Å². The highest BCUT2D eigenvalue weighted by atomic mass is 32.2. The largest absolute Gasteiger partial charge is 0.302 e. The van der Waals surface area contributed by atoms with Gasteiger partial charge >= 0.3 is 0 Å². The van der Waals surface area contributed by atoms with Crippen molar-refractivity contribution in [2.45, 2.75) is 39.5 Å². The quantitative estimate of drug-likeness (QED) is 0.486. The van der Waals surface area contributed by atoms with Crippen molar-refractivity contribution in [3.05, 3.63) is 0 Å². The highest BCUT2D eigenvalue weighted by Gasteiger charge is 2.25. The summed E-state index contributed by atoms with van der Waals surface area (Å²) in [5.74, 6) is 0. The molecule has 4 heteroatoms. The van der Waals surface area contributed by atoms with Gasteiger partial charge in [0.2, 0.25) is 10.3 Å². The van der Waals surface area contributed by atoms with Crippen LogP contribution in [0.4, 0.5) is 0 Å². The zero-order valence-corrected chi connectivity index (χ0v) is 8.93. The van der Waals surface area contributed by atoms with E-state index in [4.69, 9.17) is 0 Å². The molecule has 0 aliphatic heterocycles. The Balaban J connectivity index is 4.69. The van der Waals surface area contributed by atoms with Gasteiger partial charge in [-0.3, -0.25) is 0 Å². The van der Waals surface area contributed by atoms with Crippen LogP contribution >= 0.6 is 0 Å². The maximum absolute atomic E-state index is 10.8. The number of unbranched alkanes of at least 4 members (excludes halogenated alkanes) is 1. The smallest absolute Gasteiger partial charge is 0.210 e. The van der Waals surface area contributed by atoms with Crippen molar-refractivity contribution in [2.24, 2.45) is 5.41 Å². The first-order valence-electron chi connectivity index (χ1n) is 4.50. The summed E-state index contributed by atoms with van der Waals surface area (Å²) in [7, 11) is -2.24. The number of aldehydes is 1. The van der Waals surface area contributed by atoms with Gasteiger partial charge in [0.15, 0.2) is 0 Å². The first-order chi connectivity index (χ1) is 6.10. The Hall–Kier alpha value is -0.640. The van der Waals surface area contributed by atoms with Gasteiger partial charge in [0, 0.05) is 5.37 Å². The minimum Gasteiger partial charge on any atom is -0.302 e. The van der Waals surface area contributed by atoms with E-state index in [2.05, 4.69) is 0 Å². The predicted octanol–water partition coefficient (Wildman–Crippen LogP) is 1.45. The Morgan fingerprint density at radius 1 is 1.31 bits per heavy atom. The molecule has 0 heterocycles. The third-order valence-corrected chi connectivity index (χ3v) is 2.88. The van der Waals surface area contributed by atoms with E-state index >= 15 is 0 Å². The summed E-state index contributed by atoms with van der Waals surface area (Å²) < 4.78 is 21.0. The van der Waals surface area contributed by atoms with Crippen molar-refractivity contribution < 1.29 is 13.2 Å². The fraction of sp³-hybridized carbons (Fsp3) is 0.778. The normalized spacial score (nSPS) is 14.6. The van der Waals surface area contributed by atoms with E-state index in [0.717, 1.165) is 24.5 Å². The lowest BCUT2D eigenvalue weighted by Crippen LogP contribution is -2.23. The van der Waals surface area contributed by atoms with E-state index in [-0.39, 0.29) is 0 Å². The van der Waals surface area contributed by atoms with Crippen molar-refractivity contribution >= 4 is 21.9 Å². The first kappa shape index (κ1) is 12.4. The molecule has 0 radical (unpaired) electrons. The fourth-order valence-electron chi connectivity index (χ4n) is 1.19. The van der Waals surface area contributed by atoms with Crippen molar-refractivity contribution in [1.82, 2.24) is 0 Å². The van der Waals surface area contributed by atoms with E-state index in [9.17, 15) is 13.2 Å². The number of hydrogen-bond acceptors (Lipinski definition) is 3. The third-order valence-electron chi connectivity index (χ3n) is 2.22. The van der Waals surface area contributed by atoms with Crippen LogP contribution in [0.5, 0.6) is 0 Å². The van der Waals surface area contributed by atoms with Crippen LogP contribution in [0, 0.1) is 5.41 Å².